The van der Waals surface area contributed by atoms with Crippen molar-refractivity contribution in [3.05, 3.63) is 48.6 Å². The number of hydrogen-bond acceptors (Lipinski definition) is 1. The second-order valence-corrected chi connectivity index (χ2v) is 3.42. The van der Waals surface area contributed by atoms with E-state index in [1.165, 1.54) is 0 Å². The number of aliphatic hydroxyl groups excluding tert-OH is 1. The Bertz CT molecular complexity index is 309. The normalized spacial score (nSPS) is 13.5. The molecule has 0 amide bonds. The number of aryl methyl sites for hydroxylation is 1. The van der Waals surface area contributed by atoms with E-state index in [0.29, 0.717) is 12.5 Å². The summed E-state index contributed by atoms with van der Waals surface area (Å²) >= 11 is 0. The van der Waals surface area contributed by atoms with Gasteiger partial charge in [0.05, 0.1) is 0 Å². The Balaban J connectivity index is 2.48. The van der Waals surface area contributed by atoms with Gasteiger partial charge < -0.3 is 5.11 Å². The fourth-order valence-electron chi connectivity index (χ4n) is 1.28. The number of rotatable bonds is 5. The van der Waals surface area contributed by atoms with E-state index >= 15 is 0 Å². The molecule has 1 nitrogen and oxygen atoms in total. The molecule has 0 heterocycles. The zero-order valence-electron chi connectivity index (χ0n) is 8.37. The largest absolute Gasteiger partial charge is 0.386 e. The number of aliphatic hydroxyl groups is 1. The molecule has 1 rings (SSSR count). The molecular weight excluding hydrogens is 198 g/mol. The first-order valence-electron chi connectivity index (χ1n) is 4.79. The molecule has 0 saturated heterocycles. The zero-order valence-corrected chi connectivity index (χ0v) is 8.37. The summed E-state index contributed by atoms with van der Waals surface area (Å²) in [5.41, 5.74) is 0.941. The fourth-order valence-corrected chi connectivity index (χ4v) is 1.28. The van der Waals surface area contributed by atoms with Gasteiger partial charge in [0, 0.05) is 0 Å². The Hall–Kier alpha value is -1.22. The summed E-state index contributed by atoms with van der Waals surface area (Å²) < 4.78 is 25.8. The van der Waals surface area contributed by atoms with Gasteiger partial charge >= 0.3 is 0 Å². The summed E-state index contributed by atoms with van der Waals surface area (Å²) in [6, 6.07) is 9.23. The van der Waals surface area contributed by atoms with Crippen molar-refractivity contribution in [1.29, 1.82) is 0 Å². The third-order valence-corrected chi connectivity index (χ3v) is 2.27. The number of hydrogen-bond donors (Lipinski definition) is 1. The molecule has 0 aliphatic rings. The topological polar surface area (TPSA) is 20.2 Å². The van der Waals surface area contributed by atoms with Gasteiger partial charge in [-0.25, -0.2) is 0 Å². The first-order chi connectivity index (χ1) is 7.06. The Morgan fingerprint density at radius 1 is 1.33 bits per heavy atom. The zero-order chi connectivity index (χ0) is 11.3. The van der Waals surface area contributed by atoms with Crippen molar-refractivity contribution in [3.63, 3.8) is 0 Å². The van der Waals surface area contributed by atoms with Crippen LogP contribution in [0.2, 0.25) is 0 Å². The monoisotopic (exact) mass is 212 g/mol. The third kappa shape index (κ3) is 3.44. The minimum Gasteiger partial charge on any atom is -0.386 e. The minimum atomic E-state index is -3.20. The van der Waals surface area contributed by atoms with Crippen LogP contribution in [0.5, 0.6) is 0 Å². The van der Waals surface area contributed by atoms with Gasteiger partial charge in [-0.15, -0.1) is 0 Å². The quantitative estimate of drug-likeness (QED) is 0.744. The van der Waals surface area contributed by atoms with Gasteiger partial charge in [-0.3, -0.25) is 0 Å². The highest BCUT2D eigenvalue weighted by Gasteiger charge is 2.33. The van der Waals surface area contributed by atoms with Crippen molar-refractivity contribution >= 4 is 0 Å². The molecule has 0 saturated carbocycles. The molecule has 0 bridgehead atoms. The van der Waals surface area contributed by atoms with Crippen molar-refractivity contribution in [2.45, 2.75) is 24.9 Å². The highest BCUT2D eigenvalue weighted by Crippen LogP contribution is 2.23. The number of halogens is 2. The van der Waals surface area contributed by atoms with Crippen LogP contribution in [0.25, 0.3) is 0 Å². The van der Waals surface area contributed by atoms with Crippen LogP contribution >= 0.6 is 0 Å². The highest BCUT2D eigenvalue weighted by molar-refractivity contribution is 5.15. The summed E-state index contributed by atoms with van der Waals surface area (Å²) in [4.78, 5) is 0. The maximum atomic E-state index is 12.9. The van der Waals surface area contributed by atoms with Gasteiger partial charge in [0.2, 0.25) is 0 Å². The average molecular weight is 212 g/mol. The SMILES string of the molecule is C=CC(F)(F)[C@H](O)CCc1ccccc1. The fraction of sp³-hybridized carbons (Fsp3) is 0.333. The Kier molecular flexibility index (Phi) is 3.97. The first-order valence-corrected chi connectivity index (χ1v) is 4.79. The van der Waals surface area contributed by atoms with Gasteiger partial charge in [-0.2, -0.15) is 8.78 Å². The van der Waals surface area contributed by atoms with Gasteiger partial charge in [0.25, 0.3) is 5.92 Å². The molecule has 82 valence electrons. The minimum absolute atomic E-state index is 0.0308. The van der Waals surface area contributed by atoms with Crippen molar-refractivity contribution in [2.24, 2.45) is 0 Å². The molecule has 0 aliphatic heterocycles. The molecule has 0 unspecified atom stereocenters. The molecule has 0 spiro atoms. The van der Waals surface area contributed by atoms with Gasteiger partial charge in [0.1, 0.15) is 6.10 Å². The van der Waals surface area contributed by atoms with Crippen molar-refractivity contribution in [1.82, 2.24) is 0 Å². The van der Waals surface area contributed by atoms with Crippen LogP contribution in [0.1, 0.15) is 12.0 Å². The van der Waals surface area contributed by atoms with Crippen molar-refractivity contribution in [2.75, 3.05) is 0 Å². The van der Waals surface area contributed by atoms with E-state index in [-0.39, 0.29) is 6.42 Å². The molecule has 1 aromatic rings. The molecule has 0 aromatic heterocycles. The predicted octanol–water partition coefficient (Wildman–Crippen LogP) is 2.80. The van der Waals surface area contributed by atoms with Crippen LogP contribution in [0.15, 0.2) is 43.0 Å². The van der Waals surface area contributed by atoms with E-state index in [1.807, 2.05) is 30.3 Å². The third-order valence-electron chi connectivity index (χ3n) is 2.27. The summed E-state index contributed by atoms with van der Waals surface area (Å²) in [5, 5.41) is 9.22. The van der Waals surface area contributed by atoms with E-state index < -0.39 is 12.0 Å². The maximum Gasteiger partial charge on any atom is 0.291 e. The smallest absolute Gasteiger partial charge is 0.291 e. The Labute approximate surface area is 88.1 Å². The van der Waals surface area contributed by atoms with Gasteiger partial charge in [-0.05, 0) is 24.5 Å². The molecule has 15 heavy (non-hydrogen) atoms. The van der Waals surface area contributed by atoms with Crippen LogP contribution < -0.4 is 0 Å². The molecule has 0 fully saturated rings. The Morgan fingerprint density at radius 2 is 1.93 bits per heavy atom. The van der Waals surface area contributed by atoms with Crippen LogP contribution in [0.4, 0.5) is 8.78 Å². The molecule has 1 N–H and O–H groups in total. The standard InChI is InChI=1S/C12H14F2O/c1-2-12(13,14)11(15)9-8-10-6-4-3-5-7-10/h2-7,11,15H,1,8-9H2/t11-/m1/s1. The summed E-state index contributed by atoms with van der Waals surface area (Å²) in [7, 11) is 0. The number of alkyl halides is 2. The molecule has 1 atom stereocenters. The second kappa shape index (κ2) is 5.03. The summed E-state index contributed by atoms with van der Waals surface area (Å²) in [5.74, 6) is -3.20. The second-order valence-electron chi connectivity index (χ2n) is 3.42. The molecular formula is C12H14F2O. The molecule has 1 aromatic carbocycles. The van der Waals surface area contributed by atoms with E-state index in [1.54, 1.807) is 0 Å². The van der Waals surface area contributed by atoms with Crippen molar-refractivity contribution < 1.29 is 13.9 Å². The highest BCUT2D eigenvalue weighted by atomic mass is 19.3. The lowest BCUT2D eigenvalue weighted by molar-refractivity contribution is -0.0719. The van der Waals surface area contributed by atoms with Crippen LogP contribution in [-0.2, 0) is 6.42 Å². The van der Waals surface area contributed by atoms with Crippen molar-refractivity contribution in [3.8, 4) is 0 Å². The van der Waals surface area contributed by atoms with E-state index in [9.17, 15) is 13.9 Å². The first kappa shape index (κ1) is 11.9. The Morgan fingerprint density at radius 3 is 2.47 bits per heavy atom. The van der Waals surface area contributed by atoms with Gasteiger partial charge in [-0.1, -0.05) is 36.9 Å². The van der Waals surface area contributed by atoms with E-state index in [4.69, 9.17) is 0 Å². The summed E-state index contributed by atoms with van der Waals surface area (Å²) in [6.45, 7) is 3.00. The van der Waals surface area contributed by atoms with Gasteiger partial charge in [0.15, 0.2) is 0 Å². The lowest BCUT2D eigenvalue weighted by atomic mass is 10.0. The maximum absolute atomic E-state index is 12.9. The molecule has 0 aliphatic carbocycles. The average Bonchev–Trinajstić information content (AvgIpc) is 2.27. The van der Waals surface area contributed by atoms with Crippen LogP contribution in [-0.4, -0.2) is 17.1 Å². The van der Waals surface area contributed by atoms with Crippen LogP contribution in [0, 0.1) is 0 Å². The lowest BCUT2D eigenvalue weighted by Gasteiger charge is -2.18. The summed E-state index contributed by atoms with van der Waals surface area (Å²) in [6.07, 6.45) is -0.702. The molecule has 3 heteroatoms. The lowest BCUT2D eigenvalue weighted by Crippen LogP contribution is -2.31. The van der Waals surface area contributed by atoms with E-state index in [2.05, 4.69) is 6.58 Å². The van der Waals surface area contributed by atoms with Crippen LogP contribution in [0.3, 0.4) is 0 Å². The van der Waals surface area contributed by atoms with E-state index in [0.717, 1.165) is 5.56 Å². The number of benzene rings is 1. The predicted molar refractivity (Wildman–Crippen MR) is 55.9 cm³/mol. The molecule has 0 radical (unpaired) electrons.